The second kappa shape index (κ2) is 11.7. The van der Waals surface area contributed by atoms with Crippen LogP contribution in [0.5, 0.6) is 0 Å². The summed E-state index contributed by atoms with van der Waals surface area (Å²) in [6.07, 6.45) is 0. The second-order valence-electron chi connectivity index (χ2n) is 15.7. The molecule has 0 bridgehead atoms. The lowest BCUT2D eigenvalue weighted by Crippen LogP contribution is -2.15. The molecule has 6 heterocycles. The first kappa shape index (κ1) is 36.5. The van der Waals surface area contributed by atoms with Crippen molar-refractivity contribution < 1.29 is 0 Å². The number of fused-ring (bicyclic) bond motifs is 6. The maximum absolute atomic E-state index is 2.55. The Morgan fingerprint density at radius 3 is 0.612 bits per heavy atom. The molecule has 0 spiro atoms. The quantitative estimate of drug-likeness (QED) is 0.230. The molecule has 0 nitrogen and oxygen atoms in total. The van der Waals surface area contributed by atoms with E-state index in [1.54, 1.807) is 0 Å². The highest BCUT2D eigenvalue weighted by atomic mass is 32.2. The molecule has 1 radical (unpaired) electrons. The average molecular weight is 869 g/mol. The van der Waals surface area contributed by atoms with Gasteiger partial charge in [0.1, 0.15) is 0 Å². The Kier molecular flexibility index (Phi) is 8.71. The van der Waals surface area contributed by atoms with Crippen molar-refractivity contribution in [2.75, 3.05) is 0 Å². The van der Waals surface area contributed by atoms with Crippen LogP contribution in [0, 0.1) is 5.92 Å². The van der Waals surface area contributed by atoms with Crippen molar-refractivity contribution in [3.05, 3.63) is 40.8 Å². The predicted octanol–water partition coefficient (Wildman–Crippen LogP) is 16.3. The highest BCUT2D eigenvalue weighted by Crippen LogP contribution is 2.73. The van der Waals surface area contributed by atoms with Gasteiger partial charge in [-0.2, -0.15) is 0 Å². The van der Waals surface area contributed by atoms with Crippen LogP contribution in [-0.2, 0) is 0 Å². The van der Waals surface area contributed by atoms with Gasteiger partial charge in [-0.05, 0) is 118 Å². The summed E-state index contributed by atoms with van der Waals surface area (Å²) in [6.45, 7) is 29.1. The van der Waals surface area contributed by atoms with Gasteiger partial charge in [-0.15, -0.1) is 141 Å². The van der Waals surface area contributed by atoms with E-state index < -0.39 is 0 Å². The molecule has 0 unspecified atom stereocenters. The van der Waals surface area contributed by atoms with Crippen LogP contribution in [0.3, 0.4) is 0 Å². The average Bonchev–Trinajstić information content (AvgIpc) is 3.71. The first-order chi connectivity index (χ1) is 22.6. The first-order valence-electron chi connectivity index (χ1n) is 16.4. The number of hydrogen-bond donors (Lipinski definition) is 0. The van der Waals surface area contributed by atoms with Gasteiger partial charge in [0.2, 0.25) is 0 Å². The Labute approximate surface area is 344 Å². The summed E-state index contributed by atoms with van der Waals surface area (Å²) >= 11 is 25.1. The molecule has 0 aromatic heterocycles. The van der Waals surface area contributed by atoms with E-state index in [2.05, 4.69) is 242 Å². The zero-order valence-corrected chi connectivity index (χ0v) is 39.4. The van der Waals surface area contributed by atoms with E-state index in [4.69, 9.17) is 0 Å². The van der Waals surface area contributed by atoms with Gasteiger partial charge in [0.15, 0.2) is 0 Å². The molecule has 12 heteroatoms. The molecule has 0 saturated carbocycles. The number of thioether (sulfide) groups is 12. The first-order valence-corrected chi connectivity index (χ1v) is 26.2. The monoisotopic (exact) mass is 867 g/mol. The summed E-state index contributed by atoms with van der Waals surface area (Å²) in [7, 11) is 0. The van der Waals surface area contributed by atoms with E-state index in [9.17, 15) is 0 Å². The molecule has 9 rings (SSSR count). The smallest absolute Gasteiger partial charge is 0.0700 e. The Balaban J connectivity index is 1.44. The third-order valence-electron chi connectivity index (χ3n) is 8.46. The highest BCUT2D eigenvalue weighted by molar-refractivity contribution is 8.23. The summed E-state index contributed by atoms with van der Waals surface area (Å²) < 4.78 is 0.510. The lowest BCUT2D eigenvalue weighted by atomic mass is 9.84. The van der Waals surface area contributed by atoms with Crippen molar-refractivity contribution in [2.24, 2.45) is 0 Å². The molecule has 0 atom stereocenters. The summed E-state index contributed by atoms with van der Waals surface area (Å²) in [5.41, 5.74) is 4.54. The van der Waals surface area contributed by atoms with Crippen LogP contribution in [0.25, 0.3) is 0 Å². The summed E-state index contributed by atoms with van der Waals surface area (Å²) in [6, 6.07) is 7.65. The molecule has 6 aliphatic heterocycles. The van der Waals surface area contributed by atoms with Gasteiger partial charge in [0.25, 0.3) is 0 Å². The van der Waals surface area contributed by atoms with Crippen molar-refractivity contribution >= 4 is 141 Å². The zero-order valence-electron chi connectivity index (χ0n) is 29.6. The standard InChI is InChI=1S/C37H39S12/c1-32(2)38-16-13-17-27(45-33(3,4)39-17)23(26(16)44-32)22(24-28-18(40-34(5,6)46-28)14-19-29(24)47-35(7,8)41-19)25-30-20(42-36(9,10)48-30)15-21-31(25)49-37(11,12)43-21/h13-15H,1-12H3. The van der Waals surface area contributed by atoms with Crippen LogP contribution in [0.1, 0.15) is 99.8 Å². The van der Waals surface area contributed by atoms with E-state index in [0.29, 0.717) is 0 Å². The third-order valence-corrected chi connectivity index (χ3v) is 25.2. The maximum atomic E-state index is 2.55. The second-order valence-corrected chi connectivity index (χ2v) is 37.1. The predicted molar refractivity (Wildman–Crippen MR) is 235 cm³/mol. The molecule has 3 aromatic rings. The molecular weight excluding hydrogens is 829 g/mol. The Hall–Kier alpha value is 1.86. The van der Waals surface area contributed by atoms with Gasteiger partial charge in [-0.1, -0.05) is 0 Å². The van der Waals surface area contributed by atoms with Crippen molar-refractivity contribution in [2.45, 2.75) is 166 Å². The van der Waals surface area contributed by atoms with Crippen molar-refractivity contribution in [1.82, 2.24) is 0 Å². The van der Waals surface area contributed by atoms with Gasteiger partial charge in [-0.25, -0.2) is 0 Å². The van der Waals surface area contributed by atoms with Crippen LogP contribution in [0.4, 0.5) is 0 Å². The minimum Gasteiger partial charge on any atom is -0.107 e. The number of rotatable bonds is 3. The molecule has 0 N–H and O–H groups in total. The normalized spacial score (nSPS) is 24.9. The lowest BCUT2D eigenvalue weighted by molar-refractivity contribution is 0.901. The van der Waals surface area contributed by atoms with Crippen molar-refractivity contribution in [3.8, 4) is 0 Å². The van der Waals surface area contributed by atoms with Crippen LogP contribution < -0.4 is 0 Å². The lowest BCUT2D eigenvalue weighted by Gasteiger charge is -2.30. The van der Waals surface area contributed by atoms with Gasteiger partial charge in [0.05, 0.1) is 30.4 Å². The summed E-state index contributed by atoms with van der Waals surface area (Å²) in [5.74, 6) is 1.51. The fourth-order valence-corrected chi connectivity index (χ4v) is 24.3. The minimum absolute atomic E-state index is 0.0850. The SMILES string of the molecule is CC1(C)Sc2cc3c(c([C](c4c5c(cc6c4SC(C)(C)S6)SC(C)(C)S5)c4c5c(cc6c4SC(C)(C)S6)SC(C)(C)S5)c2S1)SC(C)(C)S3. The summed E-state index contributed by atoms with van der Waals surface area (Å²) in [4.78, 5) is 17.8. The van der Waals surface area contributed by atoms with Crippen LogP contribution in [0.15, 0.2) is 76.9 Å². The maximum Gasteiger partial charge on any atom is 0.0700 e. The Bertz CT molecular complexity index is 1650. The highest BCUT2D eigenvalue weighted by Gasteiger charge is 2.50. The molecule has 0 aliphatic carbocycles. The van der Waals surface area contributed by atoms with Gasteiger partial charge >= 0.3 is 0 Å². The molecule has 6 aliphatic rings. The van der Waals surface area contributed by atoms with E-state index in [0.717, 1.165) is 0 Å². The Morgan fingerprint density at radius 2 is 0.449 bits per heavy atom. The van der Waals surface area contributed by atoms with Gasteiger partial charge < -0.3 is 0 Å². The molecule has 259 valence electrons. The number of benzene rings is 3. The van der Waals surface area contributed by atoms with E-state index in [1.807, 2.05) is 0 Å². The molecule has 0 saturated heterocycles. The largest absolute Gasteiger partial charge is 0.107 e. The van der Waals surface area contributed by atoms with E-state index in [1.165, 1.54) is 81.4 Å². The summed E-state index contributed by atoms with van der Waals surface area (Å²) in [5, 5.41) is 0. The van der Waals surface area contributed by atoms with E-state index in [-0.39, 0.29) is 24.5 Å². The third kappa shape index (κ3) is 6.37. The molecule has 0 fully saturated rings. The minimum atomic E-state index is 0.0850. The molecule has 0 amide bonds. The topological polar surface area (TPSA) is 0 Å². The van der Waals surface area contributed by atoms with Gasteiger partial charge in [-0.3, -0.25) is 0 Å². The zero-order chi connectivity index (χ0) is 34.8. The fraction of sp³-hybridized carbons (Fsp3) is 0.486. The Morgan fingerprint density at radius 1 is 0.286 bits per heavy atom. The van der Waals surface area contributed by atoms with Crippen LogP contribution >= 0.6 is 141 Å². The van der Waals surface area contributed by atoms with Crippen molar-refractivity contribution in [3.63, 3.8) is 0 Å². The van der Waals surface area contributed by atoms with E-state index >= 15 is 0 Å². The molecule has 49 heavy (non-hydrogen) atoms. The van der Waals surface area contributed by atoms with Gasteiger partial charge in [0, 0.05) is 58.7 Å². The van der Waals surface area contributed by atoms with Crippen molar-refractivity contribution in [1.29, 1.82) is 0 Å². The van der Waals surface area contributed by atoms with Crippen LogP contribution in [-0.4, -0.2) is 24.5 Å². The van der Waals surface area contributed by atoms with Crippen LogP contribution in [0.2, 0.25) is 0 Å². The fourth-order valence-electron chi connectivity index (χ4n) is 7.11. The molecule has 3 aromatic carbocycles. The molecular formula is C37H39S12. The number of hydrogen-bond acceptors (Lipinski definition) is 12.